The summed E-state index contributed by atoms with van der Waals surface area (Å²) in [4.78, 5) is 25.7. The zero-order valence-electron chi connectivity index (χ0n) is 22.2. The maximum atomic E-state index is 14.4. The van der Waals surface area contributed by atoms with Gasteiger partial charge in [-0.1, -0.05) is 35.3 Å². The van der Waals surface area contributed by atoms with Gasteiger partial charge in [-0.3, -0.25) is 14.7 Å². The number of carbonyl (C=O) groups is 1. The number of imidazole rings is 1. The van der Waals surface area contributed by atoms with E-state index in [1.54, 1.807) is 48.5 Å². The van der Waals surface area contributed by atoms with Gasteiger partial charge in [0.25, 0.3) is 5.91 Å². The number of hydrogen-bond acceptors (Lipinski definition) is 6. The normalized spacial score (nSPS) is 21.2. The minimum atomic E-state index is -1.35. The molecule has 40 heavy (non-hydrogen) atoms. The number of methoxy groups -OCH3 is 1. The predicted molar refractivity (Wildman–Crippen MR) is 154 cm³/mol. The van der Waals surface area contributed by atoms with E-state index in [9.17, 15) is 9.90 Å². The summed E-state index contributed by atoms with van der Waals surface area (Å²) in [7, 11) is 1.63. The van der Waals surface area contributed by atoms with Crippen molar-refractivity contribution in [1.82, 2.24) is 14.5 Å². The first-order chi connectivity index (χ1) is 19.2. The Kier molecular flexibility index (Phi) is 5.69. The fourth-order valence-electron chi connectivity index (χ4n) is 6.21. The van der Waals surface area contributed by atoms with Crippen molar-refractivity contribution in [3.63, 3.8) is 0 Å². The van der Waals surface area contributed by atoms with Gasteiger partial charge in [-0.15, -0.1) is 0 Å². The fourth-order valence-corrected chi connectivity index (χ4v) is 6.56. The van der Waals surface area contributed by atoms with Crippen LogP contribution in [0.25, 0.3) is 11.4 Å². The number of ether oxygens (including phenoxy) is 1. The van der Waals surface area contributed by atoms with Crippen LogP contribution >= 0.6 is 23.2 Å². The summed E-state index contributed by atoms with van der Waals surface area (Å²) < 4.78 is 7.83. The van der Waals surface area contributed by atoms with Gasteiger partial charge >= 0.3 is 0 Å². The summed E-state index contributed by atoms with van der Waals surface area (Å²) in [5.74, 6) is 1.31. The number of pyridine rings is 1. The largest absolute Gasteiger partial charge is 0.496 e. The molecule has 1 fully saturated rings. The maximum absolute atomic E-state index is 14.4. The topological polar surface area (TPSA) is 92.5 Å². The van der Waals surface area contributed by atoms with Gasteiger partial charge in [0.2, 0.25) is 0 Å². The Balaban J connectivity index is 1.53. The van der Waals surface area contributed by atoms with Crippen molar-refractivity contribution >= 4 is 40.5 Å². The number of aliphatic hydroxyl groups excluding tert-OH is 1. The molecule has 2 aromatic heterocycles. The Morgan fingerprint density at radius 2 is 1.90 bits per heavy atom. The molecule has 0 saturated heterocycles. The van der Waals surface area contributed by atoms with Gasteiger partial charge in [0.05, 0.1) is 18.4 Å². The van der Waals surface area contributed by atoms with Crippen molar-refractivity contribution in [3.05, 3.63) is 87.4 Å². The van der Waals surface area contributed by atoms with Crippen molar-refractivity contribution < 1.29 is 14.6 Å². The molecule has 2 aromatic carbocycles. The third-order valence-electron chi connectivity index (χ3n) is 8.04. The van der Waals surface area contributed by atoms with Crippen LogP contribution in [0, 0.1) is 0 Å². The van der Waals surface area contributed by atoms with Gasteiger partial charge in [0.15, 0.2) is 17.5 Å². The van der Waals surface area contributed by atoms with E-state index in [1.807, 2.05) is 36.6 Å². The van der Waals surface area contributed by atoms with Crippen LogP contribution in [0.3, 0.4) is 0 Å². The Morgan fingerprint density at radius 3 is 2.60 bits per heavy atom. The Bertz CT molecular complexity index is 1700. The van der Waals surface area contributed by atoms with E-state index in [4.69, 9.17) is 37.9 Å². The zero-order valence-corrected chi connectivity index (χ0v) is 23.7. The highest BCUT2D eigenvalue weighted by Crippen LogP contribution is 2.56. The molecular formula is C30H27Cl2N5O3. The van der Waals surface area contributed by atoms with Crippen molar-refractivity contribution in [2.24, 2.45) is 0 Å². The summed E-state index contributed by atoms with van der Waals surface area (Å²) >= 11 is 12.7. The molecule has 0 bridgehead atoms. The highest BCUT2D eigenvalue weighted by Gasteiger charge is 2.63. The number of aromatic nitrogens is 3. The standard InChI is InChI=1S/C30H27Cl2N5O3/c1-15(2)36-26-25(35-27(36)20-14-33-22(16-7-8-16)13-24(20)40-3)28(38)37(19-6-4-5-17(31)11-19)30(26)21-10-9-18(32)12-23(21)34-29(30)39/h4-6,9-16,29,34,39H,7-8H2,1-3H3. The van der Waals surface area contributed by atoms with E-state index in [1.165, 1.54) is 0 Å². The SMILES string of the molecule is COc1cc(C2CC2)ncc1-c1nc2c(n1C(C)C)C1(c3ccc(Cl)cc3NC1O)N(c1cccc(Cl)c1)C2=O. The average molecular weight is 576 g/mol. The maximum Gasteiger partial charge on any atom is 0.280 e. The molecule has 4 heterocycles. The van der Waals surface area contributed by atoms with Gasteiger partial charge in [0.1, 0.15) is 11.6 Å². The van der Waals surface area contributed by atoms with E-state index in [0.29, 0.717) is 55.7 Å². The number of rotatable bonds is 5. The lowest BCUT2D eigenvalue weighted by Crippen LogP contribution is -2.53. The van der Waals surface area contributed by atoms with Crippen molar-refractivity contribution in [2.75, 3.05) is 17.3 Å². The number of aliphatic hydroxyl groups is 1. The molecule has 2 atom stereocenters. The molecule has 8 nitrogen and oxygen atoms in total. The molecule has 2 unspecified atom stereocenters. The molecule has 1 amide bonds. The summed E-state index contributed by atoms with van der Waals surface area (Å²) in [6.07, 6.45) is 2.82. The third-order valence-corrected chi connectivity index (χ3v) is 8.51. The number of benzene rings is 2. The van der Waals surface area contributed by atoms with E-state index < -0.39 is 11.8 Å². The second kappa shape index (κ2) is 8.96. The second-order valence-corrected chi connectivity index (χ2v) is 11.7. The van der Waals surface area contributed by atoms with Crippen LogP contribution in [0.15, 0.2) is 54.7 Å². The highest BCUT2D eigenvalue weighted by atomic mass is 35.5. The van der Waals surface area contributed by atoms with Gasteiger partial charge in [0, 0.05) is 56.9 Å². The van der Waals surface area contributed by atoms with Crippen molar-refractivity contribution in [1.29, 1.82) is 0 Å². The molecule has 1 saturated carbocycles. The van der Waals surface area contributed by atoms with Gasteiger partial charge in [-0.2, -0.15) is 0 Å². The minimum Gasteiger partial charge on any atom is -0.496 e. The van der Waals surface area contributed by atoms with Crippen LogP contribution in [-0.4, -0.2) is 38.9 Å². The summed E-state index contributed by atoms with van der Waals surface area (Å²) in [6, 6.07) is 14.3. The third kappa shape index (κ3) is 3.46. The number of halogens is 2. The molecule has 2 aliphatic heterocycles. The quantitative estimate of drug-likeness (QED) is 0.287. The van der Waals surface area contributed by atoms with Crippen molar-refractivity contribution in [3.8, 4) is 17.1 Å². The van der Waals surface area contributed by atoms with Crippen LogP contribution in [-0.2, 0) is 5.54 Å². The predicted octanol–water partition coefficient (Wildman–Crippen LogP) is 6.37. The molecule has 1 spiro atoms. The molecular weight excluding hydrogens is 549 g/mol. The van der Waals surface area contributed by atoms with Crippen molar-refractivity contribution in [2.45, 2.75) is 50.4 Å². The first kappa shape index (κ1) is 25.4. The molecule has 2 N–H and O–H groups in total. The lowest BCUT2D eigenvalue weighted by atomic mass is 9.86. The van der Waals surface area contributed by atoms with Crippen LogP contribution in [0.2, 0.25) is 10.0 Å². The monoisotopic (exact) mass is 575 g/mol. The van der Waals surface area contributed by atoms with Crippen LogP contribution < -0.4 is 15.0 Å². The van der Waals surface area contributed by atoms with E-state index in [-0.39, 0.29) is 17.6 Å². The number of nitrogens with one attached hydrogen (secondary N) is 1. The Hall–Kier alpha value is -3.59. The number of amides is 1. The van der Waals surface area contributed by atoms with Gasteiger partial charge in [-0.05, 0) is 57.0 Å². The molecule has 10 heteroatoms. The fraction of sp³-hybridized carbons (Fsp3) is 0.300. The first-order valence-corrected chi connectivity index (χ1v) is 14.0. The van der Waals surface area contributed by atoms with Gasteiger partial charge < -0.3 is 19.7 Å². The number of nitrogens with zero attached hydrogens (tertiary/aromatic N) is 4. The number of anilines is 2. The molecule has 4 aromatic rings. The summed E-state index contributed by atoms with van der Waals surface area (Å²) in [5.41, 5.74) is 3.06. The van der Waals surface area contributed by atoms with Crippen LogP contribution in [0.1, 0.15) is 66.1 Å². The molecule has 7 rings (SSSR count). The van der Waals surface area contributed by atoms with Gasteiger partial charge in [-0.25, -0.2) is 4.98 Å². The molecule has 3 aliphatic rings. The summed E-state index contributed by atoms with van der Waals surface area (Å²) in [6.45, 7) is 4.06. The lowest BCUT2D eigenvalue weighted by Gasteiger charge is -2.39. The van der Waals surface area contributed by atoms with Crippen LogP contribution in [0.5, 0.6) is 5.75 Å². The average Bonchev–Trinajstić information content (AvgIpc) is 3.58. The number of fused-ring (bicyclic) bond motifs is 4. The van der Waals surface area contributed by atoms with Crippen LogP contribution in [0.4, 0.5) is 11.4 Å². The van der Waals surface area contributed by atoms with E-state index in [0.717, 1.165) is 18.5 Å². The summed E-state index contributed by atoms with van der Waals surface area (Å²) in [5, 5.41) is 16.1. The molecule has 1 aliphatic carbocycles. The van der Waals surface area contributed by atoms with E-state index >= 15 is 0 Å². The first-order valence-electron chi connectivity index (χ1n) is 13.3. The second-order valence-electron chi connectivity index (χ2n) is 10.8. The Labute approximate surface area is 241 Å². The Morgan fingerprint density at radius 1 is 1.12 bits per heavy atom. The van der Waals surface area contributed by atoms with E-state index in [2.05, 4.69) is 5.32 Å². The minimum absolute atomic E-state index is 0.133. The smallest absolute Gasteiger partial charge is 0.280 e. The number of hydrogen-bond donors (Lipinski definition) is 2. The zero-order chi connectivity index (χ0) is 27.9. The molecule has 204 valence electrons. The number of carbonyl (C=O) groups excluding carboxylic acids is 1. The molecule has 0 radical (unpaired) electrons. The highest BCUT2D eigenvalue weighted by molar-refractivity contribution is 6.31. The lowest BCUT2D eigenvalue weighted by molar-refractivity contribution is 0.0913.